The average Bonchev–Trinajstić information content (AvgIpc) is 2.93. The monoisotopic (exact) mass is 342 g/mol. The lowest BCUT2D eigenvalue weighted by Crippen LogP contribution is -2.21. The molecule has 5 nitrogen and oxygen atoms in total. The highest BCUT2D eigenvalue weighted by atomic mass is 16.4. The molecule has 0 radical (unpaired) electrons. The van der Waals surface area contributed by atoms with E-state index in [2.05, 4.69) is 11.1 Å². The fourth-order valence-electron chi connectivity index (χ4n) is 2.89. The van der Waals surface area contributed by atoms with Crippen molar-refractivity contribution in [3.8, 4) is 11.9 Å². The summed E-state index contributed by atoms with van der Waals surface area (Å²) in [7, 11) is 0. The number of nitriles is 1. The molecule has 2 aromatic heterocycles. The summed E-state index contributed by atoms with van der Waals surface area (Å²) in [5.74, 6) is -0.420. The minimum absolute atomic E-state index is 0.0827. The van der Waals surface area contributed by atoms with Crippen LogP contribution >= 0.6 is 0 Å². The topological polar surface area (TPSA) is 81.7 Å². The lowest BCUT2D eigenvalue weighted by molar-refractivity contribution is -0.255. The quantitative estimate of drug-likeness (QED) is 0.683. The molecule has 1 aromatic carbocycles. The number of carbonyl (C=O) groups excluding carboxylic acids is 1. The lowest BCUT2D eigenvalue weighted by Gasteiger charge is -2.08. The van der Waals surface area contributed by atoms with Crippen molar-refractivity contribution in [2.45, 2.75) is 13.8 Å². The van der Waals surface area contributed by atoms with Gasteiger partial charge in [-0.3, -0.25) is 0 Å². The number of carbonyl (C=O) groups is 1. The van der Waals surface area contributed by atoms with Gasteiger partial charge in [-0.1, -0.05) is 30.3 Å². The Hall–Kier alpha value is -3.65. The maximum absolute atomic E-state index is 10.9. The number of pyridine rings is 1. The number of hydrogen-bond donors (Lipinski definition) is 0. The summed E-state index contributed by atoms with van der Waals surface area (Å²) in [5, 5.41) is 20.4. The third-order valence-corrected chi connectivity index (χ3v) is 4.20. The molecule has 5 heteroatoms. The van der Waals surface area contributed by atoms with Gasteiger partial charge >= 0.3 is 0 Å². The molecular formula is C21H16N3O2-. The fraction of sp³-hybridized carbons (Fsp3) is 0.0952. The number of benzene rings is 1. The number of nitrogens with zero attached hydrogens (tertiary/aromatic N) is 3. The molecule has 0 fully saturated rings. The van der Waals surface area contributed by atoms with Gasteiger partial charge in [0.25, 0.3) is 0 Å². The van der Waals surface area contributed by atoms with Crippen LogP contribution in [0, 0.1) is 25.2 Å². The number of rotatable bonds is 4. The first kappa shape index (κ1) is 17.2. The molecule has 0 atom stereocenters. The van der Waals surface area contributed by atoms with Gasteiger partial charge in [-0.2, -0.15) is 5.26 Å². The Labute approximate surface area is 151 Å². The van der Waals surface area contributed by atoms with Gasteiger partial charge < -0.3 is 14.5 Å². The Morgan fingerprint density at radius 2 is 1.85 bits per heavy atom. The highest BCUT2D eigenvalue weighted by molar-refractivity contribution is 5.92. The molecular weight excluding hydrogens is 326 g/mol. The molecule has 0 unspecified atom stereocenters. The van der Waals surface area contributed by atoms with E-state index in [9.17, 15) is 15.2 Å². The summed E-state index contributed by atoms with van der Waals surface area (Å²) in [6, 6.07) is 16.0. The predicted octanol–water partition coefficient (Wildman–Crippen LogP) is 2.92. The Balaban J connectivity index is 2.03. The molecule has 0 aliphatic carbocycles. The third-order valence-electron chi connectivity index (χ3n) is 4.20. The number of aromatic carboxylic acids is 1. The Kier molecular flexibility index (Phi) is 4.68. The van der Waals surface area contributed by atoms with Gasteiger partial charge in [-0.15, -0.1) is 0 Å². The highest BCUT2D eigenvalue weighted by Crippen LogP contribution is 2.24. The van der Waals surface area contributed by atoms with E-state index in [4.69, 9.17) is 0 Å². The number of hydrogen-bond acceptors (Lipinski definition) is 4. The summed E-state index contributed by atoms with van der Waals surface area (Å²) in [5.41, 5.74) is 4.08. The number of aryl methyl sites for hydroxylation is 1. The van der Waals surface area contributed by atoms with E-state index in [1.54, 1.807) is 24.4 Å². The van der Waals surface area contributed by atoms with Gasteiger partial charge in [0.1, 0.15) is 5.82 Å². The zero-order chi connectivity index (χ0) is 18.7. The van der Waals surface area contributed by atoms with Crippen LogP contribution in [0.15, 0.2) is 54.7 Å². The van der Waals surface area contributed by atoms with E-state index in [1.165, 1.54) is 12.1 Å². The van der Waals surface area contributed by atoms with Crippen molar-refractivity contribution in [3.05, 3.63) is 82.8 Å². The van der Waals surface area contributed by atoms with Gasteiger partial charge in [0.15, 0.2) is 0 Å². The maximum Gasteiger partial charge on any atom is 0.136 e. The molecule has 2 heterocycles. The fourth-order valence-corrected chi connectivity index (χ4v) is 2.89. The van der Waals surface area contributed by atoms with E-state index in [1.807, 2.05) is 42.7 Å². The summed E-state index contributed by atoms with van der Waals surface area (Å²) in [6.07, 6.45) is 3.54. The van der Waals surface area contributed by atoms with E-state index in [-0.39, 0.29) is 5.56 Å². The Morgan fingerprint density at radius 3 is 2.42 bits per heavy atom. The van der Waals surface area contributed by atoms with Crippen molar-refractivity contribution < 1.29 is 9.90 Å². The van der Waals surface area contributed by atoms with Crippen LogP contribution in [-0.2, 0) is 0 Å². The van der Waals surface area contributed by atoms with Crippen molar-refractivity contribution in [1.29, 1.82) is 5.26 Å². The second-order valence-electron chi connectivity index (χ2n) is 5.88. The predicted molar refractivity (Wildman–Crippen MR) is 97.3 cm³/mol. The van der Waals surface area contributed by atoms with Crippen molar-refractivity contribution in [1.82, 2.24) is 9.55 Å². The SMILES string of the molecule is Cc1cc(/C=C(/C#N)c2ccc(C(=O)[O-])cc2)c(C)n1-c1ccccn1. The largest absolute Gasteiger partial charge is 0.545 e. The van der Waals surface area contributed by atoms with Crippen LogP contribution < -0.4 is 5.11 Å². The van der Waals surface area contributed by atoms with Gasteiger partial charge in [-0.05, 0) is 54.8 Å². The van der Waals surface area contributed by atoms with Crippen LogP contribution in [0.4, 0.5) is 0 Å². The third kappa shape index (κ3) is 3.26. The van der Waals surface area contributed by atoms with Gasteiger partial charge in [0, 0.05) is 17.6 Å². The van der Waals surface area contributed by atoms with Crippen molar-refractivity contribution in [2.24, 2.45) is 0 Å². The normalized spacial score (nSPS) is 11.2. The molecule has 0 bridgehead atoms. The first-order chi connectivity index (χ1) is 12.5. The number of aromatic nitrogens is 2. The van der Waals surface area contributed by atoms with Crippen molar-refractivity contribution >= 4 is 17.6 Å². The second kappa shape index (κ2) is 7.08. The minimum atomic E-state index is -1.24. The average molecular weight is 342 g/mol. The van der Waals surface area contributed by atoms with E-state index in [0.717, 1.165) is 22.8 Å². The van der Waals surface area contributed by atoms with Gasteiger partial charge in [0.2, 0.25) is 0 Å². The maximum atomic E-state index is 10.9. The Morgan fingerprint density at radius 1 is 1.15 bits per heavy atom. The number of carboxylic acid groups (broad SMARTS) is 1. The molecule has 0 aliphatic heterocycles. The number of carboxylic acids is 1. The molecule has 3 aromatic rings. The smallest absolute Gasteiger partial charge is 0.136 e. The summed E-state index contributed by atoms with van der Waals surface area (Å²) < 4.78 is 2.03. The van der Waals surface area contributed by atoms with Crippen molar-refractivity contribution in [3.63, 3.8) is 0 Å². The molecule has 3 rings (SSSR count). The molecule has 0 aliphatic rings. The Bertz CT molecular complexity index is 1020. The van der Waals surface area contributed by atoms with Crippen LogP contribution in [0.25, 0.3) is 17.5 Å². The van der Waals surface area contributed by atoms with Crippen LogP contribution in [-0.4, -0.2) is 15.5 Å². The van der Waals surface area contributed by atoms with Crippen LogP contribution in [0.3, 0.4) is 0 Å². The zero-order valence-corrected chi connectivity index (χ0v) is 14.4. The van der Waals surface area contributed by atoms with Crippen LogP contribution in [0.2, 0.25) is 0 Å². The highest BCUT2D eigenvalue weighted by Gasteiger charge is 2.11. The van der Waals surface area contributed by atoms with Gasteiger partial charge in [0.05, 0.1) is 17.6 Å². The first-order valence-corrected chi connectivity index (χ1v) is 8.05. The molecule has 0 amide bonds. The zero-order valence-electron chi connectivity index (χ0n) is 14.4. The first-order valence-electron chi connectivity index (χ1n) is 8.05. The number of allylic oxidation sites excluding steroid dienone is 1. The summed E-state index contributed by atoms with van der Waals surface area (Å²) in [4.78, 5) is 15.2. The molecule has 0 spiro atoms. The summed E-state index contributed by atoms with van der Waals surface area (Å²) in [6.45, 7) is 3.96. The molecule has 26 heavy (non-hydrogen) atoms. The van der Waals surface area contributed by atoms with E-state index < -0.39 is 5.97 Å². The standard InChI is InChI=1S/C21H17N3O2/c1-14-11-18(15(2)24(14)20-5-3-4-10-23-20)12-19(13-22)16-6-8-17(9-7-16)21(25)26/h3-12H,1-2H3,(H,25,26)/p-1/b19-12-. The van der Waals surface area contributed by atoms with E-state index >= 15 is 0 Å². The lowest BCUT2D eigenvalue weighted by atomic mass is 10.0. The summed E-state index contributed by atoms with van der Waals surface area (Å²) >= 11 is 0. The van der Waals surface area contributed by atoms with Crippen molar-refractivity contribution in [2.75, 3.05) is 0 Å². The van der Waals surface area contributed by atoms with Crippen LogP contribution in [0.1, 0.15) is 32.9 Å². The van der Waals surface area contributed by atoms with E-state index in [0.29, 0.717) is 11.1 Å². The van der Waals surface area contributed by atoms with Gasteiger partial charge in [-0.25, -0.2) is 4.98 Å². The van der Waals surface area contributed by atoms with Crippen LogP contribution in [0.5, 0.6) is 0 Å². The molecule has 0 N–H and O–H groups in total. The minimum Gasteiger partial charge on any atom is -0.545 e. The second-order valence-corrected chi connectivity index (χ2v) is 5.88. The molecule has 0 saturated heterocycles. The molecule has 128 valence electrons. The molecule has 0 saturated carbocycles.